The third kappa shape index (κ3) is 3.10. The van der Waals surface area contributed by atoms with Crippen LogP contribution in [-0.4, -0.2) is 22.8 Å². The molecular formula is C15H19NO4. The van der Waals surface area contributed by atoms with Gasteiger partial charge in [0, 0.05) is 5.69 Å². The maximum Gasteiger partial charge on any atom is 0.412 e. The van der Waals surface area contributed by atoms with Crippen LogP contribution in [0.1, 0.15) is 39.2 Å². The molecule has 0 unspecified atom stereocenters. The van der Waals surface area contributed by atoms with Crippen molar-refractivity contribution >= 4 is 17.7 Å². The van der Waals surface area contributed by atoms with Crippen LogP contribution in [-0.2, 0) is 14.9 Å². The van der Waals surface area contributed by atoms with Crippen molar-refractivity contribution in [3.8, 4) is 0 Å². The molecule has 108 valence electrons. The number of ether oxygens (including phenoxy) is 1. The van der Waals surface area contributed by atoms with Crippen molar-refractivity contribution in [1.29, 1.82) is 0 Å². The number of carbonyl (C=O) groups is 2. The monoisotopic (exact) mass is 277 g/mol. The van der Waals surface area contributed by atoms with E-state index in [1.165, 1.54) is 0 Å². The number of carboxylic acid groups (broad SMARTS) is 1. The lowest BCUT2D eigenvalue weighted by Gasteiger charge is -2.20. The Morgan fingerprint density at radius 1 is 1.30 bits per heavy atom. The van der Waals surface area contributed by atoms with Crippen LogP contribution in [0.25, 0.3) is 0 Å². The van der Waals surface area contributed by atoms with Gasteiger partial charge in [-0.3, -0.25) is 10.1 Å². The molecule has 1 saturated carbocycles. The zero-order valence-electron chi connectivity index (χ0n) is 11.9. The molecule has 0 spiro atoms. The predicted molar refractivity (Wildman–Crippen MR) is 74.8 cm³/mol. The third-order valence-electron chi connectivity index (χ3n) is 3.22. The molecule has 0 aromatic heterocycles. The minimum absolute atomic E-state index is 0.546. The summed E-state index contributed by atoms with van der Waals surface area (Å²) in [7, 11) is 0. The Hall–Kier alpha value is -2.04. The Labute approximate surface area is 117 Å². The average Bonchev–Trinajstić information content (AvgIpc) is 3.07. The first-order valence-electron chi connectivity index (χ1n) is 6.57. The third-order valence-corrected chi connectivity index (χ3v) is 3.22. The highest BCUT2D eigenvalue weighted by atomic mass is 16.6. The lowest BCUT2D eigenvalue weighted by molar-refractivity contribution is -0.140. The second-order valence-corrected chi connectivity index (χ2v) is 6.09. The summed E-state index contributed by atoms with van der Waals surface area (Å²) in [4.78, 5) is 23.0. The molecule has 1 fully saturated rings. The first-order chi connectivity index (χ1) is 9.23. The summed E-state index contributed by atoms with van der Waals surface area (Å²) in [5.74, 6) is -0.813. The van der Waals surface area contributed by atoms with E-state index in [4.69, 9.17) is 4.74 Å². The average molecular weight is 277 g/mol. The number of aliphatic carboxylic acids is 1. The highest BCUT2D eigenvalue weighted by molar-refractivity contribution is 5.87. The molecule has 0 atom stereocenters. The highest BCUT2D eigenvalue weighted by Crippen LogP contribution is 2.48. The molecule has 5 nitrogen and oxygen atoms in total. The fourth-order valence-electron chi connectivity index (χ4n) is 2.07. The van der Waals surface area contributed by atoms with Gasteiger partial charge in [0.25, 0.3) is 0 Å². The Balaban J connectivity index is 2.11. The number of amides is 1. The van der Waals surface area contributed by atoms with Crippen LogP contribution in [0, 0.1) is 0 Å². The molecule has 0 radical (unpaired) electrons. The van der Waals surface area contributed by atoms with E-state index in [0.717, 1.165) is 5.56 Å². The molecule has 0 aliphatic heterocycles. The Morgan fingerprint density at radius 2 is 1.95 bits per heavy atom. The van der Waals surface area contributed by atoms with Crippen LogP contribution < -0.4 is 5.32 Å². The maximum atomic E-state index is 11.7. The van der Waals surface area contributed by atoms with E-state index in [1.54, 1.807) is 45.0 Å². The fraction of sp³-hybridized carbons (Fsp3) is 0.467. The number of benzene rings is 1. The summed E-state index contributed by atoms with van der Waals surface area (Å²) in [5.41, 5.74) is -0.0747. The Kier molecular flexibility index (Phi) is 3.46. The molecule has 1 amide bonds. The smallest absolute Gasteiger partial charge is 0.412 e. The predicted octanol–water partition coefficient (Wildman–Crippen LogP) is 3.15. The number of hydrogen-bond donors (Lipinski definition) is 2. The summed E-state index contributed by atoms with van der Waals surface area (Å²) in [6.07, 6.45) is 0.728. The van der Waals surface area contributed by atoms with E-state index in [1.807, 2.05) is 0 Å². The largest absolute Gasteiger partial charge is 0.481 e. The number of rotatable bonds is 3. The summed E-state index contributed by atoms with van der Waals surface area (Å²) < 4.78 is 5.16. The van der Waals surface area contributed by atoms with Crippen molar-refractivity contribution in [2.24, 2.45) is 0 Å². The Bertz CT molecular complexity index is 541. The van der Waals surface area contributed by atoms with Crippen molar-refractivity contribution in [1.82, 2.24) is 0 Å². The van der Waals surface area contributed by atoms with Crippen LogP contribution in [0.15, 0.2) is 24.3 Å². The number of carbonyl (C=O) groups excluding carboxylic acids is 1. The molecule has 0 heterocycles. The standard InChI is InChI=1S/C15H19NO4/c1-14(2,3)20-13(19)16-11-6-4-5-10(9-11)15(7-8-15)12(17)18/h4-6,9H,7-8H2,1-3H3,(H,16,19)(H,17,18). The van der Waals surface area contributed by atoms with E-state index in [-0.39, 0.29) is 0 Å². The lowest BCUT2D eigenvalue weighted by Crippen LogP contribution is -2.27. The summed E-state index contributed by atoms with van der Waals surface area (Å²) in [6, 6.07) is 6.93. The second-order valence-electron chi connectivity index (χ2n) is 6.09. The molecule has 1 aromatic rings. The van der Waals surface area contributed by atoms with Gasteiger partial charge in [0.2, 0.25) is 0 Å². The molecule has 2 rings (SSSR count). The van der Waals surface area contributed by atoms with Crippen molar-refractivity contribution in [2.75, 3.05) is 5.32 Å². The van der Waals surface area contributed by atoms with Gasteiger partial charge in [-0.1, -0.05) is 12.1 Å². The molecular weight excluding hydrogens is 258 g/mol. The first-order valence-corrected chi connectivity index (χ1v) is 6.57. The van der Waals surface area contributed by atoms with Crippen molar-refractivity contribution < 1.29 is 19.4 Å². The van der Waals surface area contributed by atoms with Gasteiger partial charge in [-0.2, -0.15) is 0 Å². The quantitative estimate of drug-likeness (QED) is 0.889. The number of hydrogen-bond acceptors (Lipinski definition) is 3. The van der Waals surface area contributed by atoms with Gasteiger partial charge in [0.05, 0.1) is 5.41 Å². The fourth-order valence-corrected chi connectivity index (χ4v) is 2.07. The van der Waals surface area contributed by atoms with Gasteiger partial charge >= 0.3 is 12.1 Å². The van der Waals surface area contributed by atoms with E-state index < -0.39 is 23.1 Å². The van der Waals surface area contributed by atoms with E-state index >= 15 is 0 Å². The van der Waals surface area contributed by atoms with Gasteiger partial charge in [-0.25, -0.2) is 4.79 Å². The van der Waals surface area contributed by atoms with Gasteiger partial charge in [-0.15, -0.1) is 0 Å². The molecule has 2 N–H and O–H groups in total. The minimum Gasteiger partial charge on any atom is -0.481 e. The van der Waals surface area contributed by atoms with Crippen LogP contribution in [0.5, 0.6) is 0 Å². The van der Waals surface area contributed by atoms with E-state index in [2.05, 4.69) is 5.32 Å². The lowest BCUT2D eigenvalue weighted by atomic mass is 9.96. The maximum absolute atomic E-state index is 11.7. The zero-order chi connectivity index (χ0) is 15.0. The number of carboxylic acids is 1. The van der Waals surface area contributed by atoms with Crippen molar-refractivity contribution in [3.05, 3.63) is 29.8 Å². The van der Waals surface area contributed by atoms with Gasteiger partial charge in [0.1, 0.15) is 5.60 Å². The van der Waals surface area contributed by atoms with Crippen LogP contribution in [0.3, 0.4) is 0 Å². The van der Waals surface area contributed by atoms with Gasteiger partial charge < -0.3 is 9.84 Å². The summed E-state index contributed by atoms with van der Waals surface area (Å²) in [5, 5.41) is 11.9. The van der Waals surface area contributed by atoms with Crippen LogP contribution in [0.4, 0.5) is 10.5 Å². The topological polar surface area (TPSA) is 75.6 Å². The molecule has 20 heavy (non-hydrogen) atoms. The molecule has 1 aliphatic carbocycles. The SMILES string of the molecule is CC(C)(C)OC(=O)Nc1cccc(C2(C(=O)O)CC2)c1. The molecule has 5 heteroatoms. The molecule has 1 aromatic carbocycles. The summed E-state index contributed by atoms with van der Waals surface area (Å²) >= 11 is 0. The number of nitrogens with one attached hydrogen (secondary N) is 1. The summed E-state index contributed by atoms with van der Waals surface area (Å²) in [6.45, 7) is 5.35. The molecule has 1 aliphatic rings. The van der Waals surface area contributed by atoms with E-state index in [9.17, 15) is 14.7 Å². The molecule has 0 saturated heterocycles. The minimum atomic E-state index is -0.813. The normalized spacial score (nSPS) is 16.4. The second kappa shape index (κ2) is 4.81. The van der Waals surface area contributed by atoms with Gasteiger partial charge in [-0.05, 0) is 51.3 Å². The zero-order valence-corrected chi connectivity index (χ0v) is 11.9. The highest BCUT2D eigenvalue weighted by Gasteiger charge is 2.51. The van der Waals surface area contributed by atoms with Crippen molar-refractivity contribution in [3.63, 3.8) is 0 Å². The Morgan fingerprint density at radius 3 is 2.45 bits per heavy atom. The van der Waals surface area contributed by atoms with Crippen LogP contribution >= 0.6 is 0 Å². The first kappa shape index (κ1) is 14.4. The van der Waals surface area contributed by atoms with Gasteiger partial charge in [0.15, 0.2) is 0 Å². The number of anilines is 1. The van der Waals surface area contributed by atoms with Crippen molar-refractivity contribution in [2.45, 2.75) is 44.6 Å². The molecule has 0 bridgehead atoms. The van der Waals surface area contributed by atoms with Crippen LogP contribution in [0.2, 0.25) is 0 Å². The van der Waals surface area contributed by atoms with E-state index in [0.29, 0.717) is 18.5 Å².